The van der Waals surface area contributed by atoms with E-state index < -0.39 is 0 Å². The van der Waals surface area contributed by atoms with Crippen molar-refractivity contribution in [3.63, 3.8) is 0 Å². The number of hydrogen-bond donors (Lipinski definition) is 0. The Labute approximate surface area is 127 Å². The first kappa shape index (κ1) is 43.6. The molecule has 0 spiro atoms. The van der Waals surface area contributed by atoms with Crippen LogP contribution in [0.1, 0.15) is 0 Å². The fraction of sp³-hybridized carbons (Fsp3) is 0.545. The molecule has 0 heterocycles. The van der Waals surface area contributed by atoms with E-state index in [1.807, 2.05) is 0 Å². The second-order valence-electron chi connectivity index (χ2n) is 2.61. The Morgan fingerprint density at radius 3 is 0.684 bits per heavy atom. The topological polar surface area (TPSA) is 125 Å². The minimum absolute atomic E-state index is 0. The molecule has 0 fully saturated rings. The number of hydrogen-bond acceptors (Lipinski definition) is 7. The second kappa shape index (κ2) is 102. The third kappa shape index (κ3) is 367. The molecule has 0 bridgehead atoms. The van der Waals surface area contributed by atoms with Crippen LogP contribution < -0.4 is 0 Å². The fourth-order valence-corrected chi connectivity index (χ4v) is 0.400. The van der Waals surface area contributed by atoms with Crippen molar-refractivity contribution in [3.8, 4) is 0 Å². The second-order valence-corrected chi connectivity index (χ2v) is 2.61. The van der Waals surface area contributed by atoms with Crippen molar-refractivity contribution in [3.05, 3.63) is 32.9 Å². The molecule has 0 aliphatic rings. The third-order valence-corrected chi connectivity index (χ3v) is 0.994. The zero-order chi connectivity index (χ0) is 16.6. The van der Waals surface area contributed by atoms with Gasteiger partial charge < -0.3 is 69.0 Å². The summed E-state index contributed by atoms with van der Waals surface area (Å²) in [5, 5.41) is 31.2. The normalized spacial score (nSPS) is 5.26. The van der Waals surface area contributed by atoms with E-state index >= 15 is 0 Å². The maximum atomic E-state index is 6.25. The van der Waals surface area contributed by atoms with Gasteiger partial charge >= 0.3 is 17.1 Å². The molecule has 19 heavy (non-hydrogen) atoms. The molecule has 7 nitrogen and oxygen atoms in total. The summed E-state index contributed by atoms with van der Waals surface area (Å²) in [6, 6.07) is 0. The maximum Gasteiger partial charge on any atom is 5.00 e. The molecule has 0 saturated carbocycles. The molecule has 0 rings (SSSR count). The summed E-state index contributed by atoms with van der Waals surface area (Å²) >= 11 is 0. The first-order valence-electron chi connectivity index (χ1n) is 4.04. The smallest absolute Gasteiger partial charge is 0.512 e. The van der Waals surface area contributed by atoms with Gasteiger partial charge in [-0.2, -0.15) is 0 Å². The van der Waals surface area contributed by atoms with Crippen molar-refractivity contribution in [2.45, 2.75) is 0 Å². The van der Waals surface area contributed by atoms with Gasteiger partial charge in [0.1, 0.15) is 0 Å². The van der Waals surface area contributed by atoms with Crippen LogP contribution in [-0.4, -0.2) is 51.1 Å². The van der Waals surface area contributed by atoms with Gasteiger partial charge in [-0.1, -0.05) is 0 Å². The van der Waals surface area contributed by atoms with Crippen LogP contribution in [-0.2, 0) is 17.1 Å². The van der Waals surface area contributed by atoms with Crippen LogP contribution in [0.5, 0.6) is 0 Å². The van der Waals surface area contributed by atoms with Crippen molar-refractivity contribution >= 4 is 0 Å². The molecule has 0 unspecified atom stereocenters. The Morgan fingerprint density at radius 2 is 0.632 bits per heavy atom. The Kier molecular flexibility index (Phi) is 233. The summed E-state index contributed by atoms with van der Waals surface area (Å²) < 4.78 is 0. The molecule has 0 amide bonds. The van der Waals surface area contributed by atoms with E-state index in [9.17, 15) is 0 Å². The molecule has 103 valence electrons. The molecule has 0 aliphatic heterocycles. The molecular formula is C11H16FeN7. The number of nitrogens with zero attached hydrogens (tertiary/aromatic N) is 7. The van der Waals surface area contributed by atoms with Crippen LogP contribution in [0.2, 0.25) is 0 Å². The Bertz CT molecular complexity index is 160. The summed E-state index contributed by atoms with van der Waals surface area (Å²) in [6.07, 6.45) is 0. The molecule has 0 atom stereocenters. The van der Waals surface area contributed by atoms with E-state index in [-0.39, 0.29) is 17.1 Å². The molecule has 0 aromatic rings. The van der Waals surface area contributed by atoms with Gasteiger partial charge in [-0.3, -0.25) is 0 Å². The fourth-order valence-electron chi connectivity index (χ4n) is 0.400. The van der Waals surface area contributed by atoms with E-state index in [0.29, 0.717) is 0 Å². The predicted molar refractivity (Wildman–Crippen MR) is 61.9 cm³/mol. The Balaban J connectivity index is -0.0000000223. The van der Waals surface area contributed by atoms with E-state index in [2.05, 4.69) is 38.0 Å². The summed E-state index contributed by atoms with van der Waals surface area (Å²) in [7, 11) is 8.35. The van der Waals surface area contributed by atoms with Crippen molar-refractivity contribution < 1.29 is 17.1 Å². The van der Waals surface area contributed by atoms with E-state index in [1.54, 1.807) is 0 Å². The largest absolute Gasteiger partial charge is 5.00 e. The van der Waals surface area contributed by atoms with Crippen LogP contribution in [0.4, 0.5) is 0 Å². The summed E-state index contributed by atoms with van der Waals surface area (Å²) in [4.78, 5) is 4.36. The average molecular weight is 302 g/mol. The Morgan fingerprint density at radius 1 is 0.526 bits per heavy atom. The van der Waals surface area contributed by atoms with Crippen LogP contribution in [0.25, 0.3) is 0 Å². The molecule has 0 aliphatic carbocycles. The molecular weight excluding hydrogens is 286 g/mol. The zero-order valence-electron chi connectivity index (χ0n) is 11.4. The number of likely N-dealkylation sites (N-methyl/N-ethyl adjacent to an activating group) is 2. The quantitative estimate of drug-likeness (QED) is 0.551. The van der Waals surface area contributed by atoms with Gasteiger partial charge in [-0.25, -0.2) is 0 Å². The summed E-state index contributed by atoms with van der Waals surface area (Å²) in [6.45, 7) is 26.0. The molecule has 0 saturated heterocycles. The molecule has 0 aromatic heterocycles. The van der Waals surface area contributed by atoms with Gasteiger partial charge in [0, 0.05) is 13.1 Å². The Hall–Kier alpha value is -2.11. The van der Waals surface area contributed by atoms with Crippen molar-refractivity contribution in [2.75, 3.05) is 41.3 Å². The third-order valence-electron chi connectivity index (χ3n) is 0.994. The van der Waals surface area contributed by atoms with Gasteiger partial charge in [0.25, 0.3) is 0 Å². The monoisotopic (exact) mass is 302 g/mol. The van der Waals surface area contributed by atoms with Crippen LogP contribution in [0, 0.1) is 59.2 Å². The zero-order valence-corrected chi connectivity index (χ0v) is 12.5. The summed E-state index contributed by atoms with van der Waals surface area (Å²) in [5.74, 6) is 0. The SMILES string of the molecule is CN(C)CCN(C)C.[C-]#N.[C-]#N.[C-]#N.[C-]#N.[C-]#N.[Fe+5]. The van der Waals surface area contributed by atoms with E-state index in [4.69, 9.17) is 59.2 Å². The van der Waals surface area contributed by atoms with Gasteiger partial charge in [-0.15, -0.1) is 0 Å². The van der Waals surface area contributed by atoms with E-state index in [0.717, 1.165) is 13.1 Å². The molecule has 8 heteroatoms. The first-order chi connectivity index (χ1) is 8.63. The van der Waals surface area contributed by atoms with Gasteiger partial charge in [0.2, 0.25) is 0 Å². The number of rotatable bonds is 3. The minimum atomic E-state index is 0. The van der Waals surface area contributed by atoms with Crippen molar-refractivity contribution in [2.24, 2.45) is 0 Å². The van der Waals surface area contributed by atoms with Gasteiger partial charge in [0.15, 0.2) is 0 Å². The predicted octanol–water partition coefficient (Wildman–Crippen LogP) is 0.589. The minimum Gasteiger partial charge on any atom is -0.512 e. The average Bonchev–Trinajstić information content (AvgIpc) is 2.47. The van der Waals surface area contributed by atoms with E-state index in [1.165, 1.54) is 0 Å². The first-order valence-corrected chi connectivity index (χ1v) is 4.04. The van der Waals surface area contributed by atoms with Crippen LogP contribution >= 0.6 is 0 Å². The standard InChI is InChI=1S/C6H16N2.5CN.Fe/c1-7(2)5-6-8(3)4;5*1-2;/h5-6H2,1-4H3;;;;;;/q;5*-1;+5. The van der Waals surface area contributed by atoms with Crippen LogP contribution in [0.3, 0.4) is 0 Å². The van der Waals surface area contributed by atoms with Crippen molar-refractivity contribution in [1.82, 2.24) is 9.80 Å². The van der Waals surface area contributed by atoms with Crippen LogP contribution in [0.15, 0.2) is 0 Å². The van der Waals surface area contributed by atoms with Gasteiger partial charge in [0.05, 0.1) is 0 Å². The summed E-state index contributed by atoms with van der Waals surface area (Å²) in [5.41, 5.74) is 0. The molecule has 0 aromatic carbocycles. The van der Waals surface area contributed by atoms with Gasteiger partial charge in [-0.05, 0) is 28.2 Å². The van der Waals surface area contributed by atoms with Crippen molar-refractivity contribution in [1.29, 1.82) is 26.3 Å². The maximum absolute atomic E-state index is 6.25. The molecule has 1 radical (unpaired) electrons. The molecule has 0 N–H and O–H groups in total.